The summed E-state index contributed by atoms with van der Waals surface area (Å²) in [5, 5.41) is 3.64. The standard InChI is InChI=1S/C13H27N/c1-5-14-12(10-13(2,3)4)9-11-7-6-8-11/h11-12,14H,5-10H2,1-4H3. The van der Waals surface area contributed by atoms with Crippen molar-refractivity contribution in [2.45, 2.75) is 65.8 Å². The highest BCUT2D eigenvalue weighted by Gasteiger charge is 2.24. The summed E-state index contributed by atoms with van der Waals surface area (Å²) in [6, 6.07) is 0.755. The van der Waals surface area contributed by atoms with Gasteiger partial charge in [-0.25, -0.2) is 0 Å². The van der Waals surface area contributed by atoms with Gasteiger partial charge in [0, 0.05) is 6.04 Å². The van der Waals surface area contributed by atoms with E-state index in [-0.39, 0.29) is 0 Å². The second-order valence-electron chi connectivity index (χ2n) is 6.05. The van der Waals surface area contributed by atoms with Gasteiger partial charge in [-0.3, -0.25) is 0 Å². The first-order valence-electron chi connectivity index (χ1n) is 6.24. The van der Waals surface area contributed by atoms with E-state index in [9.17, 15) is 0 Å². The molecule has 0 aromatic heterocycles. The van der Waals surface area contributed by atoms with E-state index in [2.05, 4.69) is 33.0 Å². The highest BCUT2D eigenvalue weighted by molar-refractivity contribution is 4.80. The molecule has 1 aliphatic carbocycles. The molecule has 1 fully saturated rings. The van der Waals surface area contributed by atoms with Gasteiger partial charge in [0.1, 0.15) is 0 Å². The Morgan fingerprint density at radius 3 is 2.29 bits per heavy atom. The highest BCUT2D eigenvalue weighted by Crippen LogP contribution is 2.33. The van der Waals surface area contributed by atoms with Crippen LogP contribution in [0.15, 0.2) is 0 Å². The van der Waals surface area contributed by atoms with Gasteiger partial charge in [-0.05, 0) is 30.7 Å². The van der Waals surface area contributed by atoms with Crippen LogP contribution < -0.4 is 5.32 Å². The summed E-state index contributed by atoms with van der Waals surface area (Å²) in [5.41, 5.74) is 0.469. The third-order valence-electron chi connectivity index (χ3n) is 3.19. The number of hydrogen-bond acceptors (Lipinski definition) is 1. The Balaban J connectivity index is 2.29. The minimum absolute atomic E-state index is 0.469. The fraction of sp³-hybridized carbons (Fsp3) is 1.00. The maximum atomic E-state index is 3.64. The van der Waals surface area contributed by atoms with Gasteiger partial charge in [-0.15, -0.1) is 0 Å². The summed E-state index contributed by atoms with van der Waals surface area (Å²) in [6.45, 7) is 10.4. The molecule has 84 valence electrons. The summed E-state index contributed by atoms with van der Waals surface area (Å²) in [7, 11) is 0. The first kappa shape index (κ1) is 12.0. The second-order valence-corrected chi connectivity index (χ2v) is 6.05. The van der Waals surface area contributed by atoms with E-state index in [0.29, 0.717) is 5.41 Å². The molecule has 0 aliphatic heterocycles. The lowest BCUT2D eigenvalue weighted by molar-refractivity contribution is 0.221. The van der Waals surface area contributed by atoms with E-state index < -0.39 is 0 Å². The number of rotatable bonds is 5. The Morgan fingerprint density at radius 2 is 1.93 bits per heavy atom. The van der Waals surface area contributed by atoms with Crippen molar-refractivity contribution < 1.29 is 0 Å². The SMILES string of the molecule is CCNC(CC1CCC1)CC(C)(C)C. The molecule has 0 saturated heterocycles. The molecule has 0 heterocycles. The summed E-state index contributed by atoms with van der Waals surface area (Å²) in [6.07, 6.45) is 7.15. The van der Waals surface area contributed by atoms with E-state index in [4.69, 9.17) is 0 Å². The van der Waals surface area contributed by atoms with Crippen molar-refractivity contribution in [3.63, 3.8) is 0 Å². The van der Waals surface area contributed by atoms with E-state index >= 15 is 0 Å². The van der Waals surface area contributed by atoms with Crippen LogP contribution in [0.1, 0.15) is 59.8 Å². The number of hydrogen-bond donors (Lipinski definition) is 1. The smallest absolute Gasteiger partial charge is 0.00745 e. The summed E-state index contributed by atoms with van der Waals surface area (Å²) >= 11 is 0. The molecule has 0 radical (unpaired) electrons. The first-order valence-corrected chi connectivity index (χ1v) is 6.24. The molecule has 0 spiro atoms. The van der Waals surface area contributed by atoms with Gasteiger partial charge in [0.15, 0.2) is 0 Å². The lowest BCUT2D eigenvalue weighted by Gasteiger charge is -2.33. The van der Waals surface area contributed by atoms with Gasteiger partial charge < -0.3 is 5.32 Å². The molecule has 1 unspecified atom stereocenters. The summed E-state index contributed by atoms with van der Waals surface area (Å²) < 4.78 is 0. The van der Waals surface area contributed by atoms with Crippen LogP contribution in [-0.4, -0.2) is 12.6 Å². The van der Waals surface area contributed by atoms with Gasteiger partial charge in [-0.1, -0.05) is 47.0 Å². The number of nitrogens with one attached hydrogen (secondary N) is 1. The van der Waals surface area contributed by atoms with E-state index in [0.717, 1.165) is 18.5 Å². The molecule has 1 heteroatoms. The van der Waals surface area contributed by atoms with Crippen molar-refractivity contribution in [3.8, 4) is 0 Å². The minimum atomic E-state index is 0.469. The third kappa shape index (κ3) is 4.45. The highest BCUT2D eigenvalue weighted by atomic mass is 14.9. The van der Waals surface area contributed by atoms with Gasteiger partial charge >= 0.3 is 0 Å². The second kappa shape index (κ2) is 5.16. The molecule has 14 heavy (non-hydrogen) atoms. The fourth-order valence-electron chi connectivity index (χ4n) is 2.40. The van der Waals surface area contributed by atoms with E-state index in [1.54, 1.807) is 0 Å². The van der Waals surface area contributed by atoms with E-state index in [1.165, 1.54) is 32.1 Å². The molecule has 0 aromatic rings. The molecule has 1 saturated carbocycles. The van der Waals surface area contributed by atoms with Crippen molar-refractivity contribution in [2.24, 2.45) is 11.3 Å². The van der Waals surface area contributed by atoms with Crippen molar-refractivity contribution >= 4 is 0 Å². The molecule has 1 rings (SSSR count). The summed E-state index contributed by atoms with van der Waals surface area (Å²) in [4.78, 5) is 0. The monoisotopic (exact) mass is 197 g/mol. The molecular weight excluding hydrogens is 170 g/mol. The Labute approximate surface area is 89.7 Å². The maximum Gasteiger partial charge on any atom is 0.00745 e. The zero-order valence-corrected chi connectivity index (χ0v) is 10.4. The molecular formula is C13H27N. The van der Waals surface area contributed by atoms with Crippen molar-refractivity contribution in [1.82, 2.24) is 5.32 Å². The average molecular weight is 197 g/mol. The lowest BCUT2D eigenvalue weighted by atomic mass is 9.77. The van der Waals surface area contributed by atoms with E-state index in [1.807, 2.05) is 0 Å². The van der Waals surface area contributed by atoms with Crippen molar-refractivity contribution in [1.29, 1.82) is 0 Å². The molecule has 0 bridgehead atoms. The van der Waals surface area contributed by atoms with Crippen LogP contribution in [0.5, 0.6) is 0 Å². The Bertz CT molecular complexity index is 153. The molecule has 1 aliphatic rings. The average Bonchev–Trinajstić information content (AvgIpc) is 1.94. The minimum Gasteiger partial charge on any atom is -0.314 e. The van der Waals surface area contributed by atoms with Gasteiger partial charge in [0.05, 0.1) is 0 Å². The molecule has 0 aromatic carbocycles. The maximum absolute atomic E-state index is 3.64. The normalized spacial score (nSPS) is 20.6. The Kier molecular flexibility index (Phi) is 4.43. The fourth-order valence-corrected chi connectivity index (χ4v) is 2.40. The molecule has 1 atom stereocenters. The lowest BCUT2D eigenvalue weighted by Crippen LogP contribution is -2.35. The summed E-state index contributed by atoms with van der Waals surface area (Å²) in [5.74, 6) is 1.03. The quantitative estimate of drug-likeness (QED) is 0.710. The van der Waals surface area contributed by atoms with Gasteiger partial charge in [0.25, 0.3) is 0 Å². The van der Waals surface area contributed by atoms with Crippen LogP contribution in [0.4, 0.5) is 0 Å². The van der Waals surface area contributed by atoms with Crippen LogP contribution in [0.3, 0.4) is 0 Å². The van der Waals surface area contributed by atoms with Crippen LogP contribution in [0.25, 0.3) is 0 Å². The van der Waals surface area contributed by atoms with Crippen LogP contribution in [0.2, 0.25) is 0 Å². The van der Waals surface area contributed by atoms with Gasteiger partial charge in [-0.2, -0.15) is 0 Å². The predicted molar refractivity (Wildman–Crippen MR) is 63.5 cm³/mol. The largest absolute Gasteiger partial charge is 0.314 e. The van der Waals surface area contributed by atoms with Crippen LogP contribution in [-0.2, 0) is 0 Å². The Morgan fingerprint density at radius 1 is 1.29 bits per heavy atom. The molecule has 1 nitrogen and oxygen atoms in total. The van der Waals surface area contributed by atoms with Crippen molar-refractivity contribution in [3.05, 3.63) is 0 Å². The van der Waals surface area contributed by atoms with Crippen LogP contribution in [0, 0.1) is 11.3 Å². The van der Waals surface area contributed by atoms with Crippen molar-refractivity contribution in [2.75, 3.05) is 6.54 Å². The topological polar surface area (TPSA) is 12.0 Å². The van der Waals surface area contributed by atoms with Crippen LogP contribution >= 0.6 is 0 Å². The zero-order chi connectivity index (χ0) is 10.6. The Hall–Kier alpha value is -0.0400. The first-order chi connectivity index (χ1) is 6.51. The third-order valence-corrected chi connectivity index (χ3v) is 3.19. The van der Waals surface area contributed by atoms with Gasteiger partial charge in [0.2, 0.25) is 0 Å². The molecule has 0 amide bonds. The predicted octanol–water partition coefficient (Wildman–Crippen LogP) is 3.59. The molecule has 1 N–H and O–H groups in total. The zero-order valence-electron chi connectivity index (χ0n) is 10.4.